The summed E-state index contributed by atoms with van der Waals surface area (Å²) in [7, 11) is 1.97. The van der Waals surface area contributed by atoms with Crippen molar-refractivity contribution in [2.75, 3.05) is 18.5 Å². The number of halogens is 1. The van der Waals surface area contributed by atoms with E-state index in [1.54, 1.807) is 24.3 Å². The van der Waals surface area contributed by atoms with Gasteiger partial charge in [-0.1, -0.05) is 23.7 Å². The molecule has 2 N–H and O–H groups in total. The maximum atomic E-state index is 12.5. The van der Waals surface area contributed by atoms with E-state index < -0.39 is 0 Å². The number of ether oxygens (including phenoxy) is 1. The van der Waals surface area contributed by atoms with Crippen molar-refractivity contribution in [1.82, 2.24) is 14.9 Å². The average Bonchev–Trinajstić information content (AvgIpc) is 3.40. The molecule has 7 nitrogen and oxygen atoms in total. The van der Waals surface area contributed by atoms with Crippen molar-refractivity contribution in [3.05, 3.63) is 58.9 Å². The number of imidazole rings is 1. The van der Waals surface area contributed by atoms with Crippen LogP contribution >= 0.6 is 11.6 Å². The van der Waals surface area contributed by atoms with Crippen LogP contribution in [0.15, 0.2) is 42.5 Å². The van der Waals surface area contributed by atoms with Crippen molar-refractivity contribution < 1.29 is 14.3 Å². The number of amides is 2. The van der Waals surface area contributed by atoms with Crippen LogP contribution in [0.1, 0.15) is 35.4 Å². The third-order valence-corrected chi connectivity index (χ3v) is 5.78. The second-order valence-electron chi connectivity index (χ2n) is 7.62. The molecule has 31 heavy (non-hydrogen) atoms. The molecule has 0 aliphatic carbocycles. The number of hydrogen-bond donors (Lipinski definition) is 2. The molecule has 0 unspecified atom stereocenters. The van der Waals surface area contributed by atoms with E-state index in [1.165, 1.54) is 0 Å². The van der Waals surface area contributed by atoms with Gasteiger partial charge in [-0.25, -0.2) is 4.98 Å². The summed E-state index contributed by atoms with van der Waals surface area (Å²) >= 11 is 6.11. The van der Waals surface area contributed by atoms with Gasteiger partial charge in [-0.3, -0.25) is 9.59 Å². The number of nitrogens with one attached hydrogen (secondary N) is 2. The van der Waals surface area contributed by atoms with Gasteiger partial charge in [0.05, 0.1) is 21.6 Å². The van der Waals surface area contributed by atoms with Crippen LogP contribution in [0, 0.1) is 0 Å². The number of carbonyl (C=O) groups is 2. The van der Waals surface area contributed by atoms with Crippen LogP contribution in [0.3, 0.4) is 0 Å². The number of aryl methyl sites for hydroxylation is 2. The van der Waals surface area contributed by atoms with Gasteiger partial charge in [-0.05, 0) is 49.6 Å². The molecule has 1 fully saturated rings. The Hall–Kier alpha value is -2.90. The molecule has 162 valence electrons. The molecule has 3 aromatic rings. The minimum absolute atomic E-state index is 0.0265. The van der Waals surface area contributed by atoms with Crippen LogP contribution in [-0.2, 0) is 23.0 Å². The zero-order chi connectivity index (χ0) is 21.8. The highest BCUT2D eigenvalue weighted by atomic mass is 35.5. The molecule has 0 spiro atoms. The van der Waals surface area contributed by atoms with Crippen LogP contribution < -0.4 is 10.6 Å². The second kappa shape index (κ2) is 9.49. The highest BCUT2D eigenvalue weighted by Crippen LogP contribution is 2.22. The number of fused-ring (bicyclic) bond motifs is 1. The standard InChI is InChI=1S/C23H25ClN4O3/c1-28-19-11-10-15(26-22(29)16-6-2-3-7-17(16)24)14-18(19)27-21(28)9-4-12-25-23(30)20-8-5-13-31-20/h2-3,6-7,10-11,14,20H,4-5,8-9,12-13H2,1H3,(H,25,30)(H,26,29)/t20-/m0/s1. The van der Waals surface area contributed by atoms with Gasteiger partial charge in [-0.2, -0.15) is 0 Å². The Bertz CT molecular complexity index is 1110. The molecule has 2 aromatic carbocycles. The first kappa shape index (κ1) is 21.3. The molecule has 1 aliphatic rings. The lowest BCUT2D eigenvalue weighted by atomic mass is 10.2. The molecule has 0 radical (unpaired) electrons. The fourth-order valence-electron chi connectivity index (χ4n) is 3.75. The fourth-order valence-corrected chi connectivity index (χ4v) is 3.97. The molecular weight excluding hydrogens is 416 g/mol. The smallest absolute Gasteiger partial charge is 0.257 e. The Morgan fingerprint density at radius 3 is 2.87 bits per heavy atom. The van der Waals surface area contributed by atoms with Gasteiger partial charge in [0.1, 0.15) is 11.9 Å². The monoisotopic (exact) mass is 440 g/mol. The number of carbonyl (C=O) groups excluding carboxylic acids is 2. The van der Waals surface area contributed by atoms with Gasteiger partial charge in [0.25, 0.3) is 5.91 Å². The van der Waals surface area contributed by atoms with Crippen molar-refractivity contribution in [1.29, 1.82) is 0 Å². The van der Waals surface area contributed by atoms with Crippen molar-refractivity contribution >= 4 is 40.1 Å². The zero-order valence-electron chi connectivity index (χ0n) is 17.4. The van der Waals surface area contributed by atoms with Gasteiger partial charge in [-0.15, -0.1) is 0 Å². The molecule has 1 aliphatic heterocycles. The molecular formula is C23H25ClN4O3. The third kappa shape index (κ3) is 4.89. The SMILES string of the molecule is Cn1c(CCCNC(=O)[C@@H]2CCCO2)nc2cc(NC(=O)c3ccccc3Cl)ccc21. The van der Waals surface area contributed by atoms with Crippen molar-refractivity contribution in [3.8, 4) is 0 Å². The predicted octanol–water partition coefficient (Wildman–Crippen LogP) is 3.71. The average molecular weight is 441 g/mol. The minimum Gasteiger partial charge on any atom is -0.368 e. The largest absolute Gasteiger partial charge is 0.368 e. The summed E-state index contributed by atoms with van der Waals surface area (Å²) in [5.41, 5.74) is 2.87. The van der Waals surface area contributed by atoms with E-state index >= 15 is 0 Å². The molecule has 1 atom stereocenters. The highest BCUT2D eigenvalue weighted by Gasteiger charge is 2.22. The number of hydrogen-bond acceptors (Lipinski definition) is 4. The Morgan fingerprint density at radius 1 is 1.26 bits per heavy atom. The summed E-state index contributed by atoms with van der Waals surface area (Å²) in [6, 6.07) is 12.6. The Balaban J connectivity index is 1.37. The van der Waals surface area contributed by atoms with E-state index in [4.69, 9.17) is 21.3 Å². The minimum atomic E-state index is -0.296. The summed E-state index contributed by atoms with van der Waals surface area (Å²) in [5.74, 6) is 0.639. The van der Waals surface area contributed by atoms with Gasteiger partial charge in [0.15, 0.2) is 0 Å². The first-order chi connectivity index (χ1) is 15.0. The molecule has 1 aromatic heterocycles. The maximum Gasteiger partial charge on any atom is 0.257 e. The summed E-state index contributed by atoms with van der Waals surface area (Å²) < 4.78 is 7.44. The summed E-state index contributed by atoms with van der Waals surface area (Å²) in [6.45, 7) is 1.25. The van der Waals surface area contributed by atoms with Gasteiger partial charge in [0.2, 0.25) is 5.91 Å². The normalized spacial score (nSPS) is 15.9. The topological polar surface area (TPSA) is 85.2 Å². The van der Waals surface area contributed by atoms with E-state index in [0.717, 1.165) is 42.5 Å². The lowest BCUT2D eigenvalue weighted by Crippen LogP contribution is -2.34. The number of benzene rings is 2. The van der Waals surface area contributed by atoms with Crippen LogP contribution in [0.25, 0.3) is 11.0 Å². The van der Waals surface area contributed by atoms with Gasteiger partial charge >= 0.3 is 0 Å². The van der Waals surface area contributed by atoms with Gasteiger partial charge < -0.3 is 19.9 Å². The number of rotatable bonds is 7. The van der Waals surface area contributed by atoms with Crippen LogP contribution in [0.5, 0.6) is 0 Å². The Morgan fingerprint density at radius 2 is 2.10 bits per heavy atom. The van der Waals surface area contributed by atoms with E-state index in [9.17, 15) is 9.59 Å². The van der Waals surface area contributed by atoms with Crippen molar-refractivity contribution in [2.24, 2.45) is 7.05 Å². The molecule has 2 amide bonds. The lowest BCUT2D eigenvalue weighted by molar-refractivity contribution is -0.130. The maximum absolute atomic E-state index is 12.5. The molecule has 4 rings (SSSR count). The van der Waals surface area contributed by atoms with Gasteiger partial charge in [0, 0.05) is 32.3 Å². The van der Waals surface area contributed by atoms with E-state index in [0.29, 0.717) is 29.4 Å². The lowest BCUT2D eigenvalue weighted by Gasteiger charge is -2.10. The second-order valence-corrected chi connectivity index (χ2v) is 8.03. The summed E-state index contributed by atoms with van der Waals surface area (Å²) in [4.78, 5) is 29.2. The summed E-state index contributed by atoms with van der Waals surface area (Å²) in [5, 5.41) is 6.23. The fraction of sp³-hybridized carbons (Fsp3) is 0.348. The molecule has 2 heterocycles. The van der Waals surface area contributed by atoms with E-state index in [1.807, 2.05) is 29.8 Å². The number of aromatic nitrogens is 2. The first-order valence-corrected chi connectivity index (χ1v) is 10.8. The third-order valence-electron chi connectivity index (χ3n) is 5.45. The van der Waals surface area contributed by atoms with E-state index in [-0.39, 0.29) is 17.9 Å². The Kier molecular flexibility index (Phi) is 6.53. The number of anilines is 1. The molecule has 0 saturated carbocycles. The highest BCUT2D eigenvalue weighted by molar-refractivity contribution is 6.34. The van der Waals surface area contributed by atoms with Crippen LogP contribution in [0.2, 0.25) is 5.02 Å². The van der Waals surface area contributed by atoms with E-state index in [2.05, 4.69) is 10.6 Å². The van der Waals surface area contributed by atoms with Crippen molar-refractivity contribution in [3.63, 3.8) is 0 Å². The molecule has 8 heteroatoms. The van der Waals surface area contributed by atoms with Crippen LogP contribution in [-0.4, -0.2) is 40.6 Å². The molecule has 0 bridgehead atoms. The van der Waals surface area contributed by atoms with Crippen molar-refractivity contribution in [2.45, 2.75) is 31.8 Å². The van der Waals surface area contributed by atoms with Crippen LogP contribution in [0.4, 0.5) is 5.69 Å². The molecule has 1 saturated heterocycles. The Labute approximate surface area is 185 Å². The zero-order valence-corrected chi connectivity index (χ0v) is 18.1. The first-order valence-electron chi connectivity index (χ1n) is 10.4. The summed E-state index contributed by atoms with van der Waals surface area (Å²) in [6.07, 6.45) is 2.96. The predicted molar refractivity (Wildman–Crippen MR) is 120 cm³/mol. The number of nitrogens with zero attached hydrogens (tertiary/aromatic N) is 2. The quantitative estimate of drug-likeness (QED) is 0.548.